The van der Waals surface area contributed by atoms with Crippen molar-refractivity contribution in [1.82, 2.24) is 5.43 Å². The SMILES string of the molecule is Cc1cc2c(c(C)c1Cl)CC/C2=N\NC(N)=S. The number of hydrogen-bond donors (Lipinski definition) is 2. The highest BCUT2D eigenvalue weighted by atomic mass is 35.5. The second-order valence-electron chi connectivity index (χ2n) is 4.19. The molecule has 1 aliphatic carbocycles. The number of hydrazone groups is 1. The van der Waals surface area contributed by atoms with Crippen molar-refractivity contribution in [3.8, 4) is 0 Å². The first-order valence-electron chi connectivity index (χ1n) is 5.41. The Kier molecular flexibility index (Phi) is 3.35. The van der Waals surface area contributed by atoms with Crippen LogP contribution in [0.25, 0.3) is 0 Å². The van der Waals surface area contributed by atoms with Gasteiger partial charge in [0.15, 0.2) is 5.11 Å². The minimum atomic E-state index is 0.188. The van der Waals surface area contributed by atoms with Gasteiger partial charge in [0.2, 0.25) is 0 Å². The monoisotopic (exact) mass is 267 g/mol. The summed E-state index contributed by atoms with van der Waals surface area (Å²) in [4.78, 5) is 0. The summed E-state index contributed by atoms with van der Waals surface area (Å²) in [6.07, 6.45) is 1.87. The largest absolute Gasteiger partial charge is 0.375 e. The number of rotatable bonds is 1. The van der Waals surface area contributed by atoms with Crippen LogP contribution in [0.2, 0.25) is 5.02 Å². The number of nitrogens with zero attached hydrogens (tertiary/aromatic N) is 1. The van der Waals surface area contributed by atoms with Crippen LogP contribution in [-0.2, 0) is 6.42 Å². The van der Waals surface area contributed by atoms with Gasteiger partial charge in [-0.2, -0.15) is 5.10 Å². The molecule has 0 heterocycles. The summed E-state index contributed by atoms with van der Waals surface area (Å²) in [5.74, 6) is 0. The van der Waals surface area contributed by atoms with Crippen LogP contribution in [0.15, 0.2) is 11.2 Å². The van der Waals surface area contributed by atoms with Gasteiger partial charge in [0, 0.05) is 10.6 Å². The lowest BCUT2D eigenvalue weighted by molar-refractivity contribution is 1.00. The third-order valence-electron chi connectivity index (χ3n) is 3.04. The first-order chi connectivity index (χ1) is 8.00. The number of aryl methyl sites for hydroxylation is 1. The average molecular weight is 268 g/mol. The summed E-state index contributed by atoms with van der Waals surface area (Å²) >= 11 is 11.0. The van der Waals surface area contributed by atoms with Crippen molar-refractivity contribution in [2.75, 3.05) is 0 Å². The van der Waals surface area contributed by atoms with Gasteiger partial charge in [-0.15, -0.1) is 0 Å². The molecule has 0 spiro atoms. The number of hydrogen-bond acceptors (Lipinski definition) is 2. The van der Waals surface area contributed by atoms with Crippen molar-refractivity contribution in [3.05, 3.63) is 33.3 Å². The van der Waals surface area contributed by atoms with Gasteiger partial charge in [0.25, 0.3) is 0 Å². The van der Waals surface area contributed by atoms with Crippen LogP contribution in [0.1, 0.15) is 28.7 Å². The topological polar surface area (TPSA) is 50.4 Å². The van der Waals surface area contributed by atoms with E-state index in [2.05, 4.69) is 23.5 Å². The Morgan fingerprint density at radius 3 is 2.82 bits per heavy atom. The molecule has 5 heteroatoms. The Labute approximate surface area is 111 Å². The molecule has 1 aromatic carbocycles. The first-order valence-corrected chi connectivity index (χ1v) is 6.20. The Bertz CT molecular complexity index is 523. The van der Waals surface area contributed by atoms with Gasteiger partial charge in [-0.25, -0.2) is 0 Å². The van der Waals surface area contributed by atoms with E-state index in [4.69, 9.17) is 29.6 Å². The standard InChI is InChI=1S/C12H14ClN3S/c1-6-5-9-8(7(2)11(6)13)3-4-10(9)15-16-12(14)17/h5H,3-4H2,1-2H3,(H3,14,16,17)/b15-10+. The van der Waals surface area contributed by atoms with Gasteiger partial charge in [-0.1, -0.05) is 11.6 Å². The van der Waals surface area contributed by atoms with Crippen molar-refractivity contribution in [3.63, 3.8) is 0 Å². The van der Waals surface area contributed by atoms with Crippen molar-refractivity contribution >= 4 is 34.6 Å². The lowest BCUT2D eigenvalue weighted by atomic mass is 10.0. The van der Waals surface area contributed by atoms with Crippen LogP contribution in [0.4, 0.5) is 0 Å². The molecule has 0 aromatic heterocycles. The molecule has 17 heavy (non-hydrogen) atoms. The molecular weight excluding hydrogens is 254 g/mol. The lowest BCUT2D eigenvalue weighted by Crippen LogP contribution is -2.25. The van der Waals surface area contributed by atoms with E-state index < -0.39 is 0 Å². The van der Waals surface area contributed by atoms with Gasteiger partial charge >= 0.3 is 0 Å². The second-order valence-corrected chi connectivity index (χ2v) is 5.01. The van der Waals surface area contributed by atoms with Gasteiger partial charge in [-0.05, 0) is 61.7 Å². The molecule has 0 saturated carbocycles. The number of halogens is 1. The number of thiocarbonyl (C=S) groups is 1. The molecule has 1 aliphatic rings. The summed E-state index contributed by atoms with van der Waals surface area (Å²) in [7, 11) is 0. The number of benzene rings is 1. The lowest BCUT2D eigenvalue weighted by Gasteiger charge is -2.09. The van der Waals surface area contributed by atoms with Crippen LogP contribution >= 0.6 is 23.8 Å². The predicted octanol–water partition coefficient (Wildman–Crippen LogP) is 2.44. The van der Waals surface area contributed by atoms with Crippen molar-refractivity contribution in [1.29, 1.82) is 0 Å². The summed E-state index contributed by atoms with van der Waals surface area (Å²) in [5.41, 5.74) is 13.7. The Morgan fingerprint density at radius 2 is 2.18 bits per heavy atom. The fourth-order valence-corrected chi connectivity index (χ4v) is 2.41. The van der Waals surface area contributed by atoms with Crippen molar-refractivity contribution in [2.45, 2.75) is 26.7 Å². The van der Waals surface area contributed by atoms with E-state index in [1.54, 1.807) is 0 Å². The Balaban J connectivity index is 2.45. The third kappa shape index (κ3) is 2.28. The van der Waals surface area contributed by atoms with Crippen LogP contribution in [0.3, 0.4) is 0 Å². The molecule has 0 amide bonds. The third-order valence-corrected chi connectivity index (χ3v) is 3.71. The Hall–Kier alpha value is -1.13. The highest BCUT2D eigenvalue weighted by Gasteiger charge is 2.22. The average Bonchev–Trinajstić information content (AvgIpc) is 2.66. The molecule has 0 fully saturated rings. The normalized spacial score (nSPS) is 16.1. The molecular formula is C12H14ClN3S. The molecule has 1 aromatic rings. The maximum Gasteiger partial charge on any atom is 0.184 e. The van der Waals surface area contributed by atoms with E-state index >= 15 is 0 Å². The Morgan fingerprint density at radius 1 is 1.47 bits per heavy atom. The summed E-state index contributed by atoms with van der Waals surface area (Å²) in [6.45, 7) is 4.06. The molecule has 0 saturated heterocycles. The van der Waals surface area contributed by atoms with Crippen LogP contribution in [-0.4, -0.2) is 10.8 Å². The highest BCUT2D eigenvalue weighted by Crippen LogP contribution is 2.32. The number of nitrogens with one attached hydrogen (secondary N) is 1. The van der Waals surface area contributed by atoms with E-state index in [9.17, 15) is 0 Å². The zero-order valence-electron chi connectivity index (χ0n) is 9.80. The van der Waals surface area contributed by atoms with E-state index in [1.165, 1.54) is 5.56 Å². The molecule has 3 nitrogen and oxygen atoms in total. The van der Waals surface area contributed by atoms with Crippen molar-refractivity contribution < 1.29 is 0 Å². The second kappa shape index (κ2) is 4.63. The number of fused-ring (bicyclic) bond motifs is 1. The van der Waals surface area contributed by atoms with Gasteiger partial charge in [0.1, 0.15) is 0 Å². The molecule has 0 aliphatic heterocycles. The zero-order chi connectivity index (χ0) is 12.6. The summed E-state index contributed by atoms with van der Waals surface area (Å²) < 4.78 is 0. The van der Waals surface area contributed by atoms with Crippen LogP contribution < -0.4 is 11.2 Å². The predicted molar refractivity (Wildman–Crippen MR) is 75.7 cm³/mol. The molecule has 0 atom stereocenters. The molecule has 0 unspecified atom stereocenters. The summed E-state index contributed by atoms with van der Waals surface area (Å²) in [5, 5.41) is 5.28. The van der Waals surface area contributed by atoms with E-state index in [1.807, 2.05) is 6.92 Å². The van der Waals surface area contributed by atoms with E-state index in [0.29, 0.717) is 0 Å². The maximum absolute atomic E-state index is 6.24. The minimum absolute atomic E-state index is 0.188. The van der Waals surface area contributed by atoms with Crippen LogP contribution in [0.5, 0.6) is 0 Å². The summed E-state index contributed by atoms with van der Waals surface area (Å²) in [6, 6.07) is 2.08. The molecule has 3 N–H and O–H groups in total. The smallest absolute Gasteiger partial charge is 0.184 e. The van der Waals surface area contributed by atoms with Gasteiger partial charge in [0.05, 0.1) is 5.71 Å². The maximum atomic E-state index is 6.24. The highest BCUT2D eigenvalue weighted by molar-refractivity contribution is 7.80. The molecule has 90 valence electrons. The molecule has 0 radical (unpaired) electrons. The van der Waals surface area contributed by atoms with E-state index in [-0.39, 0.29) is 5.11 Å². The fourth-order valence-electron chi connectivity index (χ4n) is 2.19. The fraction of sp³-hybridized carbons (Fsp3) is 0.333. The van der Waals surface area contributed by atoms with Crippen LogP contribution in [0, 0.1) is 13.8 Å². The van der Waals surface area contributed by atoms with Crippen molar-refractivity contribution in [2.24, 2.45) is 10.8 Å². The quantitative estimate of drug-likeness (QED) is 0.607. The zero-order valence-corrected chi connectivity index (χ0v) is 11.4. The molecule has 2 rings (SSSR count). The molecule has 0 bridgehead atoms. The van der Waals surface area contributed by atoms with Gasteiger partial charge < -0.3 is 5.73 Å². The first kappa shape index (κ1) is 12.3. The minimum Gasteiger partial charge on any atom is -0.375 e. The van der Waals surface area contributed by atoms with E-state index in [0.717, 1.165) is 40.3 Å². The van der Waals surface area contributed by atoms with Gasteiger partial charge in [-0.3, -0.25) is 5.43 Å². The number of nitrogens with two attached hydrogens (primary N) is 1.